The van der Waals surface area contributed by atoms with Gasteiger partial charge < -0.3 is 24.0 Å². The molecule has 1 saturated heterocycles. The smallest absolute Gasteiger partial charge is 0.233 e. The van der Waals surface area contributed by atoms with E-state index in [-0.39, 0.29) is 33.6 Å². The molecule has 178 valence electrons. The molecule has 0 bridgehead atoms. The highest BCUT2D eigenvalue weighted by Crippen LogP contribution is 2.40. The lowest BCUT2D eigenvalue weighted by Gasteiger charge is -2.32. The number of hydrogen-bond donors (Lipinski definition) is 1. The van der Waals surface area contributed by atoms with Gasteiger partial charge in [0.15, 0.2) is 5.76 Å². The van der Waals surface area contributed by atoms with Crippen molar-refractivity contribution < 1.29 is 19.4 Å². The van der Waals surface area contributed by atoms with Gasteiger partial charge in [0.2, 0.25) is 5.78 Å². The first-order valence-electron chi connectivity index (χ1n) is 11.4. The Morgan fingerprint density at radius 2 is 1.91 bits per heavy atom. The topological polar surface area (TPSA) is 67.2 Å². The zero-order valence-corrected chi connectivity index (χ0v) is 20.4. The van der Waals surface area contributed by atoms with Crippen molar-refractivity contribution in [1.29, 1.82) is 0 Å². The number of phenols is 1. The van der Waals surface area contributed by atoms with Gasteiger partial charge >= 0.3 is 0 Å². The van der Waals surface area contributed by atoms with Crippen molar-refractivity contribution >= 4 is 34.4 Å². The Labute approximate surface area is 203 Å². The van der Waals surface area contributed by atoms with Gasteiger partial charge in [-0.05, 0) is 44.3 Å². The Hall–Kier alpha value is -3.00. The Kier molecular flexibility index (Phi) is 6.02. The molecule has 2 aromatic carbocycles. The van der Waals surface area contributed by atoms with Crippen LogP contribution in [0.15, 0.2) is 36.1 Å². The van der Waals surface area contributed by atoms with Crippen LogP contribution in [0.1, 0.15) is 21.6 Å². The van der Waals surface area contributed by atoms with Gasteiger partial charge in [0, 0.05) is 67.5 Å². The number of hydrogen-bond acceptors (Lipinski definition) is 6. The van der Waals surface area contributed by atoms with Crippen molar-refractivity contribution in [3.63, 3.8) is 0 Å². The first kappa shape index (κ1) is 22.8. The number of fused-ring (bicyclic) bond motifs is 2. The Morgan fingerprint density at radius 3 is 2.65 bits per heavy atom. The molecule has 0 saturated carbocycles. The molecular weight excluding hydrogens is 454 g/mol. The predicted molar refractivity (Wildman–Crippen MR) is 133 cm³/mol. The van der Waals surface area contributed by atoms with Crippen LogP contribution >= 0.6 is 11.6 Å². The maximum atomic E-state index is 13.1. The number of piperazine rings is 1. The number of methoxy groups -OCH3 is 1. The van der Waals surface area contributed by atoms with Gasteiger partial charge in [-0.3, -0.25) is 9.69 Å². The lowest BCUT2D eigenvalue weighted by Crippen LogP contribution is -2.45. The van der Waals surface area contributed by atoms with E-state index in [9.17, 15) is 9.90 Å². The van der Waals surface area contributed by atoms with Crippen LogP contribution in [0.3, 0.4) is 0 Å². The molecule has 0 radical (unpaired) electrons. The number of halogens is 1. The normalized spacial score (nSPS) is 18.0. The van der Waals surface area contributed by atoms with E-state index < -0.39 is 0 Å². The second-order valence-electron chi connectivity index (χ2n) is 8.92. The highest BCUT2D eigenvalue weighted by molar-refractivity contribution is 6.36. The van der Waals surface area contributed by atoms with Crippen molar-refractivity contribution in [2.75, 3.05) is 46.9 Å². The molecule has 3 heterocycles. The summed E-state index contributed by atoms with van der Waals surface area (Å²) < 4.78 is 13.6. The summed E-state index contributed by atoms with van der Waals surface area (Å²) in [6.07, 6.45) is 1.78. The number of aromatic nitrogens is 1. The molecule has 0 unspecified atom stereocenters. The number of benzene rings is 2. The van der Waals surface area contributed by atoms with E-state index >= 15 is 0 Å². The Balaban J connectivity index is 1.52. The van der Waals surface area contributed by atoms with Crippen molar-refractivity contribution in [2.24, 2.45) is 0 Å². The SMILES string of the molecule is COc1ccc2c(c1)c(C=C1Oc3cc(O)cc(Cl)c3C1=O)c(C)n2CCN1CCN(C)CC1. The predicted octanol–water partition coefficient (Wildman–Crippen LogP) is 4.18. The fourth-order valence-corrected chi connectivity index (χ4v) is 5.07. The molecule has 34 heavy (non-hydrogen) atoms. The summed E-state index contributed by atoms with van der Waals surface area (Å²) in [5.74, 6) is 0.875. The second kappa shape index (κ2) is 8.98. The summed E-state index contributed by atoms with van der Waals surface area (Å²) in [6, 6.07) is 8.78. The van der Waals surface area contributed by atoms with E-state index in [4.69, 9.17) is 21.1 Å². The standard InChI is InChI=1S/C26H28ClN3O4/c1-16-19(15-24-26(32)25-21(27)12-17(31)13-23(25)34-24)20-14-18(33-3)4-5-22(20)30(16)11-10-29-8-6-28(2)7-9-29/h4-5,12-15,31H,6-11H2,1-3H3. The quantitative estimate of drug-likeness (QED) is 0.551. The van der Waals surface area contributed by atoms with E-state index in [1.54, 1.807) is 13.2 Å². The van der Waals surface area contributed by atoms with Gasteiger partial charge in [0.05, 0.1) is 17.7 Å². The number of likely N-dealkylation sites (N-methyl/N-ethyl adjacent to an activating group) is 1. The number of ether oxygens (including phenoxy) is 2. The second-order valence-corrected chi connectivity index (χ2v) is 9.33. The molecule has 5 rings (SSSR count). The molecule has 7 nitrogen and oxygen atoms in total. The minimum absolute atomic E-state index is 0.0424. The molecule has 1 aromatic heterocycles. The van der Waals surface area contributed by atoms with E-state index in [0.29, 0.717) is 0 Å². The van der Waals surface area contributed by atoms with Gasteiger partial charge in [-0.2, -0.15) is 0 Å². The third kappa shape index (κ3) is 4.04. The Bertz CT molecular complexity index is 1310. The average molecular weight is 482 g/mol. The van der Waals surface area contributed by atoms with Crippen LogP contribution in [-0.2, 0) is 6.54 Å². The third-order valence-electron chi connectivity index (χ3n) is 6.80. The number of ketones is 1. The molecule has 1 N–H and O–H groups in total. The fourth-order valence-electron chi connectivity index (χ4n) is 4.78. The largest absolute Gasteiger partial charge is 0.508 e. The lowest BCUT2D eigenvalue weighted by molar-refractivity contribution is 0.101. The van der Waals surface area contributed by atoms with Crippen LogP contribution in [0, 0.1) is 6.92 Å². The molecule has 8 heteroatoms. The van der Waals surface area contributed by atoms with E-state index in [1.807, 2.05) is 12.1 Å². The van der Waals surface area contributed by atoms with Gasteiger partial charge in [0.1, 0.15) is 17.2 Å². The maximum Gasteiger partial charge on any atom is 0.233 e. The third-order valence-corrected chi connectivity index (χ3v) is 7.10. The van der Waals surface area contributed by atoms with Crippen molar-refractivity contribution in [1.82, 2.24) is 14.4 Å². The molecule has 2 aliphatic heterocycles. The first-order valence-corrected chi connectivity index (χ1v) is 11.8. The fraction of sp³-hybridized carbons (Fsp3) is 0.346. The molecule has 0 aliphatic carbocycles. The highest BCUT2D eigenvalue weighted by atomic mass is 35.5. The Morgan fingerprint density at radius 1 is 1.15 bits per heavy atom. The summed E-state index contributed by atoms with van der Waals surface area (Å²) in [6.45, 7) is 8.15. The molecule has 3 aromatic rings. The van der Waals surface area contributed by atoms with Crippen LogP contribution < -0.4 is 9.47 Å². The summed E-state index contributed by atoms with van der Waals surface area (Å²) >= 11 is 6.22. The average Bonchev–Trinajstić information content (AvgIpc) is 3.26. The number of phenolic OH excluding ortho intramolecular Hbond substituents is 1. The summed E-state index contributed by atoms with van der Waals surface area (Å²) in [5, 5.41) is 11.0. The number of allylic oxidation sites excluding steroid dienone is 1. The van der Waals surface area contributed by atoms with Gasteiger partial charge in [-0.25, -0.2) is 0 Å². The zero-order valence-electron chi connectivity index (χ0n) is 19.6. The van der Waals surface area contributed by atoms with Crippen molar-refractivity contribution in [3.8, 4) is 17.2 Å². The van der Waals surface area contributed by atoms with Crippen molar-refractivity contribution in [3.05, 3.63) is 57.9 Å². The molecule has 0 amide bonds. The van der Waals surface area contributed by atoms with E-state index in [0.717, 1.165) is 67.2 Å². The first-order chi connectivity index (χ1) is 16.4. The minimum Gasteiger partial charge on any atom is -0.508 e. The number of rotatable bonds is 5. The summed E-state index contributed by atoms with van der Waals surface area (Å²) in [7, 11) is 3.80. The van der Waals surface area contributed by atoms with Gasteiger partial charge in [0.25, 0.3) is 0 Å². The number of nitrogens with zero attached hydrogens (tertiary/aromatic N) is 3. The lowest BCUT2D eigenvalue weighted by atomic mass is 10.1. The molecule has 2 aliphatic rings. The highest BCUT2D eigenvalue weighted by Gasteiger charge is 2.31. The van der Waals surface area contributed by atoms with Crippen LogP contribution in [-0.4, -0.2) is 72.1 Å². The number of Topliss-reactive ketones (excluding diaryl/α,β-unsaturated/α-hetero) is 1. The van der Waals surface area contributed by atoms with E-state index in [2.05, 4.69) is 34.4 Å². The van der Waals surface area contributed by atoms with Gasteiger partial charge in [-0.15, -0.1) is 0 Å². The molecule has 0 atom stereocenters. The van der Waals surface area contributed by atoms with Crippen LogP contribution in [0.4, 0.5) is 0 Å². The van der Waals surface area contributed by atoms with Crippen LogP contribution in [0.5, 0.6) is 17.2 Å². The van der Waals surface area contributed by atoms with Crippen LogP contribution in [0.25, 0.3) is 17.0 Å². The monoisotopic (exact) mass is 481 g/mol. The van der Waals surface area contributed by atoms with Gasteiger partial charge in [-0.1, -0.05) is 11.6 Å². The maximum absolute atomic E-state index is 13.1. The zero-order chi connectivity index (χ0) is 24.0. The summed E-state index contributed by atoms with van der Waals surface area (Å²) in [4.78, 5) is 17.9. The number of carbonyl (C=O) groups is 1. The summed E-state index contributed by atoms with van der Waals surface area (Å²) in [5.41, 5.74) is 3.31. The molecular formula is C26H28ClN3O4. The molecule has 0 spiro atoms. The number of carbonyl (C=O) groups excluding carboxylic acids is 1. The van der Waals surface area contributed by atoms with Crippen molar-refractivity contribution in [2.45, 2.75) is 13.5 Å². The van der Waals surface area contributed by atoms with E-state index in [1.165, 1.54) is 12.1 Å². The van der Waals surface area contributed by atoms with Crippen LogP contribution in [0.2, 0.25) is 5.02 Å². The minimum atomic E-state index is -0.291. The number of aromatic hydroxyl groups is 1. The molecule has 1 fully saturated rings.